The Hall–Kier alpha value is -2.29. The minimum Gasteiger partial charge on any atom is -0.379 e. The normalized spacial score (nSPS) is 15.1. The number of sulfonamides is 1. The van der Waals surface area contributed by atoms with Crippen LogP contribution in [-0.4, -0.2) is 44.9 Å². The van der Waals surface area contributed by atoms with Crippen LogP contribution in [0.15, 0.2) is 47.4 Å². The number of morpholine rings is 1. The second-order valence-electron chi connectivity index (χ2n) is 7.31. The Morgan fingerprint density at radius 2 is 1.77 bits per heavy atom. The summed E-state index contributed by atoms with van der Waals surface area (Å²) in [5.41, 5.74) is 2.33. The zero-order valence-electron chi connectivity index (χ0n) is 17.1. The van der Waals surface area contributed by atoms with Gasteiger partial charge in [0.1, 0.15) is 10.7 Å². The molecule has 3 rings (SSSR count). The maximum absolute atomic E-state index is 14.3. The van der Waals surface area contributed by atoms with Gasteiger partial charge in [-0.15, -0.1) is 0 Å². The first-order valence-electron chi connectivity index (χ1n) is 10.2. The largest absolute Gasteiger partial charge is 0.379 e. The molecule has 0 radical (unpaired) electrons. The van der Waals surface area contributed by atoms with Crippen molar-refractivity contribution in [2.45, 2.75) is 37.5 Å². The van der Waals surface area contributed by atoms with Gasteiger partial charge in [-0.3, -0.25) is 4.79 Å². The number of halogens is 1. The highest BCUT2D eigenvalue weighted by molar-refractivity contribution is 7.89. The van der Waals surface area contributed by atoms with Gasteiger partial charge in [0.05, 0.1) is 19.6 Å². The van der Waals surface area contributed by atoms with Crippen molar-refractivity contribution in [3.05, 3.63) is 59.4 Å². The fraction of sp³-hybridized carbons (Fsp3) is 0.409. The molecule has 0 atom stereocenters. The second kappa shape index (κ2) is 10.1. The fourth-order valence-electron chi connectivity index (χ4n) is 3.30. The molecule has 1 aliphatic rings. The van der Waals surface area contributed by atoms with Crippen molar-refractivity contribution in [2.75, 3.05) is 31.6 Å². The first kappa shape index (κ1) is 22.4. The smallest absolute Gasteiger partial charge is 0.246 e. The lowest BCUT2D eigenvalue weighted by atomic mass is 10.0. The quantitative estimate of drug-likeness (QED) is 0.691. The molecule has 0 spiro atoms. The van der Waals surface area contributed by atoms with Crippen molar-refractivity contribution in [1.29, 1.82) is 0 Å². The molecule has 1 N–H and O–H groups in total. The zero-order chi connectivity index (χ0) is 21.6. The summed E-state index contributed by atoms with van der Waals surface area (Å²) in [6, 6.07) is 11.5. The van der Waals surface area contributed by atoms with Crippen molar-refractivity contribution in [3.8, 4) is 0 Å². The third-order valence-electron chi connectivity index (χ3n) is 5.01. The zero-order valence-corrected chi connectivity index (χ0v) is 17.9. The molecular formula is C22H27FN2O4S. The number of rotatable bonds is 8. The number of hydrogen-bond acceptors (Lipinski definition) is 4. The predicted octanol–water partition coefficient (Wildman–Crippen LogP) is 3.37. The van der Waals surface area contributed by atoms with Gasteiger partial charge in [0.2, 0.25) is 15.9 Å². The average molecular weight is 435 g/mol. The van der Waals surface area contributed by atoms with Gasteiger partial charge >= 0.3 is 0 Å². The third-order valence-corrected chi connectivity index (χ3v) is 6.92. The van der Waals surface area contributed by atoms with E-state index in [1.165, 1.54) is 22.0 Å². The first-order chi connectivity index (χ1) is 14.4. The van der Waals surface area contributed by atoms with E-state index < -0.39 is 20.7 Å². The number of aryl methyl sites for hydroxylation is 1. The van der Waals surface area contributed by atoms with Crippen molar-refractivity contribution in [2.24, 2.45) is 0 Å². The van der Waals surface area contributed by atoms with E-state index in [1.807, 2.05) is 24.3 Å². The van der Waals surface area contributed by atoms with Gasteiger partial charge in [0, 0.05) is 18.8 Å². The summed E-state index contributed by atoms with van der Waals surface area (Å²) in [6.45, 7) is 3.04. The monoisotopic (exact) mass is 434 g/mol. The maximum atomic E-state index is 14.3. The van der Waals surface area contributed by atoms with Crippen LogP contribution in [-0.2, 0) is 32.4 Å². The molecule has 0 unspecified atom stereocenters. The highest BCUT2D eigenvalue weighted by atomic mass is 32.2. The Morgan fingerprint density at radius 3 is 2.43 bits per heavy atom. The predicted molar refractivity (Wildman–Crippen MR) is 113 cm³/mol. The molecule has 6 nitrogen and oxygen atoms in total. The lowest BCUT2D eigenvalue weighted by Crippen LogP contribution is -2.40. The Balaban J connectivity index is 1.68. The van der Waals surface area contributed by atoms with Crippen LogP contribution >= 0.6 is 0 Å². The Bertz CT molecular complexity index is 971. The Labute approximate surface area is 177 Å². The van der Waals surface area contributed by atoms with E-state index in [2.05, 4.69) is 12.2 Å². The van der Waals surface area contributed by atoms with E-state index in [4.69, 9.17) is 4.74 Å². The van der Waals surface area contributed by atoms with Crippen LogP contribution in [0, 0.1) is 5.82 Å². The van der Waals surface area contributed by atoms with E-state index in [1.54, 1.807) is 0 Å². The van der Waals surface area contributed by atoms with Crippen LogP contribution in [0.1, 0.15) is 30.9 Å². The summed E-state index contributed by atoms with van der Waals surface area (Å²) in [7, 11) is -4.00. The molecule has 1 aliphatic heterocycles. The minimum atomic E-state index is -4.00. The van der Waals surface area contributed by atoms with E-state index in [0.717, 1.165) is 30.9 Å². The van der Waals surface area contributed by atoms with Crippen LogP contribution in [0.2, 0.25) is 0 Å². The van der Waals surface area contributed by atoms with E-state index in [9.17, 15) is 17.6 Å². The minimum absolute atomic E-state index is 0.150. The van der Waals surface area contributed by atoms with Gasteiger partial charge in [-0.05, 0) is 42.2 Å². The Morgan fingerprint density at radius 1 is 1.10 bits per heavy atom. The number of nitrogens with one attached hydrogen (secondary N) is 1. The molecule has 8 heteroatoms. The second-order valence-corrected chi connectivity index (χ2v) is 9.21. The summed E-state index contributed by atoms with van der Waals surface area (Å²) in [5.74, 6) is -1.14. The highest BCUT2D eigenvalue weighted by Crippen LogP contribution is 2.24. The van der Waals surface area contributed by atoms with Crippen LogP contribution in [0.25, 0.3) is 0 Å². The molecule has 0 aromatic heterocycles. The van der Waals surface area contributed by atoms with Crippen LogP contribution in [0.5, 0.6) is 0 Å². The summed E-state index contributed by atoms with van der Waals surface area (Å²) < 4.78 is 46.2. The van der Waals surface area contributed by atoms with Crippen molar-refractivity contribution < 1.29 is 22.3 Å². The number of unbranched alkanes of at least 4 members (excludes halogenated alkanes) is 1. The number of nitrogens with zero attached hydrogens (tertiary/aromatic N) is 1. The van der Waals surface area contributed by atoms with Crippen LogP contribution in [0.4, 0.5) is 10.1 Å². The summed E-state index contributed by atoms with van der Waals surface area (Å²) >= 11 is 0. The molecule has 0 saturated carbocycles. The summed E-state index contributed by atoms with van der Waals surface area (Å²) in [5, 5.41) is 2.67. The number of hydrogen-bond donors (Lipinski definition) is 1. The molecule has 1 fully saturated rings. The topological polar surface area (TPSA) is 75.7 Å². The van der Waals surface area contributed by atoms with E-state index in [-0.39, 0.29) is 44.3 Å². The Kier molecular flexibility index (Phi) is 7.58. The average Bonchev–Trinajstić information content (AvgIpc) is 2.75. The van der Waals surface area contributed by atoms with Crippen LogP contribution in [0.3, 0.4) is 0 Å². The highest BCUT2D eigenvalue weighted by Gasteiger charge is 2.29. The molecular weight excluding hydrogens is 407 g/mol. The fourth-order valence-corrected chi connectivity index (χ4v) is 4.80. The SMILES string of the molecule is CCCCc1ccc(CC(=O)Nc2ccc(F)c(S(=O)(=O)N3CCOCC3)c2)cc1. The molecule has 162 valence electrons. The maximum Gasteiger partial charge on any atom is 0.246 e. The number of benzene rings is 2. The number of carbonyl (C=O) groups excluding carboxylic acids is 1. The molecule has 0 bridgehead atoms. The van der Waals surface area contributed by atoms with Gasteiger partial charge in [-0.1, -0.05) is 37.6 Å². The molecule has 1 heterocycles. The number of ether oxygens (including phenoxy) is 1. The molecule has 1 amide bonds. The lowest BCUT2D eigenvalue weighted by Gasteiger charge is -2.26. The first-order valence-corrected chi connectivity index (χ1v) is 11.6. The lowest BCUT2D eigenvalue weighted by molar-refractivity contribution is -0.115. The number of amides is 1. The van der Waals surface area contributed by atoms with Gasteiger partial charge in [0.25, 0.3) is 0 Å². The summed E-state index contributed by atoms with van der Waals surface area (Å²) in [4.78, 5) is 12.0. The van der Waals surface area contributed by atoms with Gasteiger partial charge in [-0.2, -0.15) is 4.31 Å². The van der Waals surface area contributed by atoms with Crippen molar-refractivity contribution in [1.82, 2.24) is 4.31 Å². The molecule has 2 aromatic carbocycles. The van der Waals surface area contributed by atoms with Gasteiger partial charge in [0.15, 0.2) is 0 Å². The number of anilines is 1. The van der Waals surface area contributed by atoms with Gasteiger partial charge < -0.3 is 10.1 Å². The van der Waals surface area contributed by atoms with Crippen molar-refractivity contribution in [3.63, 3.8) is 0 Å². The molecule has 0 aliphatic carbocycles. The number of carbonyl (C=O) groups is 1. The van der Waals surface area contributed by atoms with E-state index in [0.29, 0.717) is 0 Å². The van der Waals surface area contributed by atoms with Gasteiger partial charge in [-0.25, -0.2) is 12.8 Å². The van der Waals surface area contributed by atoms with E-state index >= 15 is 0 Å². The molecule has 1 saturated heterocycles. The van der Waals surface area contributed by atoms with Crippen molar-refractivity contribution >= 4 is 21.6 Å². The standard InChI is InChI=1S/C22H27FN2O4S/c1-2-3-4-17-5-7-18(8-6-17)15-22(26)24-19-9-10-20(23)21(16-19)30(27,28)25-11-13-29-14-12-25/h5-10,16H,2-4,11-15H2,1H3,(H,24,26). The molecule has 2 aromatic rings. The van der Waals surface area contributed by atoms with Crippen LogP contribution < -0.4 is 5.32 Å². The third kappa shape index (κ3) is 5.65. The molecule has 30 heavy (non-hydrogen) atoms. The summed E-state index contributed by atoms with van der Waals surface area (Å²) in [6.07, 6.45) is 3.42.